The van der Waals surface area contributed by atoms with E-state index in [1.165, 1.54) is 18.2 Å². The molecule has 0 radical (unpaired) electrons. The molecule has 20 heavy (non-hydrogen) atoms. The Morgan fingerprint density at radius 1 is 1.15 bits per heavy atom. The Kier molecular flexibility index (Phi) is 3.69. The van der Waals surface area contributed by atoms with Gasteiger partial charge in [-0.1, -0.05) is 0 Å². The topological polar surface area (TPSA) is 39.2 Å². The molecule has 7 heteroatoms. The van der Waals surface area contributed by atoms with Gasteiger partial charge in [0, 0.05) is 22.9 Å². The standard InChI is InChI=1S/C13H7F4NO2/c14-12-4-2-9(6-18-12)10-5-8(7-19)1-3-11(10)20-13(15,16)17/h1-7H. The summed E-state index contributed by atoms with van der Waals surface area (Å²) < 4.78 is 53.6. The Hall–Kier alpha value is -2.44. The Bertz CT molecular complexity index is 623. The zero-order valence-electron chi connectivity index (χ0n) is 9.82. The Labute approximate surface area is 110 Å². The second-order valence-corrected chi connectivity index (χ2v) is 3.79. The Morgan fingerprint density at radius 3 is 2.45 bits per heavy atom. The number of halogens is 4. The van der Waals surface area contributed by atoms with Gasteiger partial charge in [0.2, 0.25) is 5.95 Å². The van der Waals surface area contributed by atoms with E-state index < -0.39 is 18.1 Å². The first kappa shape index (κ1) is 14.0. The molecule has 3 nitrogen and oxygen atoms in total. The van der Waals surface area contributed by atoms with E-state index in [9.17, 15) is 22.4 Å². The highest BCUT2D eigenvalue weighted by Crippen LogP contribution is 2.34. The largest absolute Gasteiger partial charge is 0.573 e. The molecule has 104 valence electrons. The number of carbonyl (C=O) groups is 1. The molecule has 1 aromatic carbocycles. The first-order valence-electron chi connectivity index (χ1n) is 5.36. The minimum Gasteiger partial charge on any atom is -0.405 e. The summed E-state index contributed by atoms with van der Waals surface area (Å²) in [6.07, 6.45) is -3.33. The molecule has 2 aromatic rings. The molecule has 0 atom stereocenters. The van der Waals surface area contributed by atoms with Crippen LogP contribution in [0.15, 0.2) is 36.5 Å². The molecular weight excluding hydrogens is 278 g/mol. The third kappa shape index (κ3) is 3.31. The summed E-state index contributed by atoms with van der Waals surface area (Å²) in [6, 6.07) is 5.67. The number of hydrogen-bond donors (Lipinski definition) is 0. The van der Waals surface area contributed by atoms with Crippen molar-refractivity contribution in [3.63, 3.8) is 0 Å². The van der Waals surface area contributed by atoms with Gasteiger partial charge in [-0.15, -0.1) is 13.2 Å². The number of hydrogen-bond acceptors (Lipinski definition) is 3. The molecule has 0 unspecified atom stereocenters. The molecular formula is C13H7F4NO2. The fraction of sp³-hybridized carbons (Fsp3) is 0.0769. The lowest BCUT2D eigenvalue weighted by Crippen LogP contribution is -2.17. The monoisotopic (exact) mass is 285 g/mol. The summed E-state index contributed by atoms with van der Waals surface area (Å²) in [5.74, 6) is -1.25. The predicted octanol–water partition coefficient (Wildman–Crippen LogP) is 3.60. The van der Waals surface area contributed by atoms with E-state index in [1.807, 2.05) is 0 Å². The number of benzene rings is 1. The number of aldehydes is 1. The van der Waals surface area contributed by atoms with Crippen LogP contribution in [-0.2, 0) is 0 Å². The molecule has 0 aliphatic carbocycles. The van der Waals surface area contributed by atoms with Crippen LogP contribution in [0.3, 0.4) is 0 Å². The number of pyridine rings is 1. The van der Waals surface area contributed by atoms with Crippen LogP contribution in [0.1, 0.15) is 10.4 Å². The van der Waals surface area contributed by atoms with E-state index in [2.05, 4.69) is 9.72 Å². The third-order valence-electron chi connectivity index (χ3n) is 2.40. The summed E-state index contributed by atoms with van der Waals surface area (Å²) in [4.78, 5) is 14.1. The maximum Gasteiger partial charge on any atom is 0.573 e. The zero-order chi connectivity index (χ0) is 14.8. The van der Waals surface area contributed by atoms with Gasteiger partial charge in [-0.3, -0.25) is 4.79 Å². The highest BCUT2D eigenvalue weighted by molar-refractivity contribution is 5.81. The summed E-state index contributed by atoms with van der Waals surface area (Å²) >= 11 is 0. The van der Waals surface area contributed by atoms with Crippen molar-refractivity contribution in [2.24, 2.45) is 0 Å². The molecule has 0 aliphatic heterocycles. The lowest BCUT2D eigenvalue weighted by molar-refractivity contribution is -0.274. The van der Waals surface area contributed by atoms with Crippen molar-refractivity contribution in [1.29, 1.82) is 0 Å². The smallest absolute Gasteiger partial charge is 0.405 e. The van der Waals surface area contributed by atoms with Gasteiger partial charge < -0.3 is 4.74 Å². The van der Waals surface area contributed by atoms with Gasteiger partial charge >= 0.3 is 6.36 Å². The number of rotatable bonds is 3. The van der Waals surface area contributed by atoms with Gasteiger partial charge in [-0.05, 0) is 30.3 Å². The van der Waals surface area contributed by atoms with E-state index >= 15 is 0 Å². The van der Waals surface area contributed by atoms with Crippen molar-refractivity contribution >= 4 is 6.29 Å². The van der Waals surface area contributed by atoms with Gasteiger partial charge in [0.15, 0.2) is 0 Å². The van der Waals surface area contributed by atoms with Crippen molar-refractivity contribution in [2.45, 2.75) is 6.36 Å². The SMILES string of the molecule is O=Cc1ccc(OC(F)(F)F)c(-c2ccc(F)nc2)c1. The van der Waals surface area contributed by atoms with E-state index in [0.717, 1.165) is 18.3 Å². The van der Waals surface area contributed by atoms with Crippen LogP contribution in [0.2, 0.25) is 0 Å². The van der Waals surface area contributed by atoms with Gasteiger partial charge in [0.25, 0.3) is 0 Å². The molecule has 0 aliphatic rings. The number of aromatic nitrogens is 1. The van der Waals surface area contributed by atoms with Crippen LogP contribution in [0.4, 0.5) is 17.6 Å². The average molecular weight is 285 g/mol. The van der Waals surface area contributed by atoms with Crippen molar-refractivity contribution in [3.05, 3.63) is 48.0 Å². The molecule has 0 amide bonds. The summed E-state index contributed by atoms with van der Waals surface area (Å²) in [6.45, 7) is 0. The molecule has 0 spiro atoms. The minimum atomic E-state index is -4.87. The maximum atomic E-state index is 12.7. The molecule has 2 rings (SSSR count). The van der Waals surface area contributed by atoms with E-state index in [0.29, 0.717) is 6.29 Å². The Balaban J connectivity index is 2.52. The Morgan fingerprint density at radius 2 is 1.90 bits per heavy atom. The van der Waals surface area contributed by atoms with Gasteiger partial charge in [0.05, 0.1) is 0 Å². The molecule has 0 saturated heterocycles. The lowest BCUT2D eigenvalue weighted by Gasteiger charge is -2.13. The van der Waals surface area contributed by atoms with Crippen LogP contribution in [0.25, 0.3) is 11.1 Å². The molecule has 0 N–H and O–H groups in total. The first-order chi connectivity index (χ1) is 9.39. The normalized spacial score (nSPS) is 11.2. The molecule has 0 bridgehead atoms. The molecule has 1 heterocycles. The highest BCUT2D eigenvalue weighted by atomic mass is 19.4. The van der Waals surface area contributed by atoms with Crippen LogP contribution in [-0.4, -0.2) is 17.6 Å². The van der Waals surface area contributed by atoms with E-state index in [4.69, 9.17) is 0 Å². The predicted molar refractivity (Wildman–Crippen MR) is 61.7 cm³/mol. The quantitative estimate of drug-likeness (QED) is 0.491. The van der Waals surface area contributed by atoms with Crippen molar-refractivity contribution < 1.29 is 27.1 Å². The van der Waals surface area contributed by atoms with Crippen LogP contribution in [0.5, 0.6) is 5.75 Å². The third-order valence-corrected chi connectivity index (χ3v) is 2.40. The van der Waals surface area contributed by atoms with Gasteiger partial charge in [-0.2, -0.15) is 4.39 Å². The minimum absolute atomic E-state index is 0.000532. The number of alkyl halides is 3. The number of nitrogens with zero attached hydrogens (tertiary/aromatic N) is 1. The van der Waals surface area contributed by atoms with Crippen molar-refractivity contribution in [3.8, 4) is 16.9 Å². The lowest BCUT2D eigenvalue weighted by atomic mass is 10.0. The highest BCUT2D eigenvalue weighted by Gasteiger charge is 2.32. The fourth-order valence-electron chi connectivity index (χ4n) is 1.60. The van der Waals surface area contributed by atoms with Crippen LogP contribution in [0, 0.1) is 5.95 Å². The molecule has 0 saturated carbocycles. The fourth-order valence-corrected chi connectivity index (χ4v) is 1.60. The number of ether oxygens (including phenoxy) is 1. The second-order valence-electron chi connectivity index (χ2n) is 3.79. The maximum absolute atomic E-state index is 12.7. The molecule has 0 fully saturated rings. The van der Waals surface area contributed by atoms with Crippen LogP contribution < -0.4 is 4.74 Å². The van der Waals surface area contributed by atoms with E-state index in [-0.39, 0.29) is 16.7 Å². The summed E-state index contributed by atoms with van der Waals surface area (Å²) in [5, 5.41) is 0. The van der Waals surface area contributed by atoms with Gasteiger partial charge in [0.1, 0.15) is 12.0 Å². The van der Waals surface area contributed by atoms with Crippen molar-refractivity contribution in [2.75, 3.05) is 0 Å². The molecule has 1 aromatic heterocycles. The summed E-state index contributed by atoms with van der Waals surface area (Å²) in [7, 11) is 0. The van der Waals surface area contributed by atoms with E-state index in [1.54, 1.807) is 0 Å². The van der Waals surface area contributed by atoms with Crippen LogP contribution >= 0.6 is 0 Å². The van der Waals surface area contributed by atoms with Crippen molar-refractivity contribution in [1.82, 2.24) is 4.98 Å². The summed E-state index contributed by atoms with van der Waals surface area (Å²) in [5.41, 5.74) is 0.368. The second kappa shape index (κ2) is 5.28. The first-order valence-corrected chi connectivity index (χ1v) is 5.36. The number of carbonyl (C=O) groups excluding carboxylic acids is 1. The zero-order valence-corrected chi connectivity index (χ0v) is 9.82. The van der Waals surface area contributed by atoms with Gasteiger partial charge in [-0.25, -0.2) is 4.98 Å². The average Bonchev–Trinajstić information content (AvgIpc) is 2.38.